The van der Waals surface area contributed by atoms with Crippen molar-refractivity contribution in [3.8, 4) is 0 Å². The van der Waals surface area contributed by atoms with E-state index in [0.29, 0.717) is 19.8 Å². The van der Waals surface area contributed by atoms with Gasteiger partial charge in [-0.1, -0.05) is 0 Å². The van der Waals surface area contributed by atoms with Gasteiger partial charge in [0.1, 0.15) is 0 Å². The molecule has 1 aliphatic heterocycles. The molecule has 1 unspecified atom stereocenters. The summed E-state index contributed by atoms with van der Waals surface area (Å²) in [6, 6.07) is 0. The second-order valence-corrected chi connectivity index (χ2v) is 3.55. The molecule has 1 atom stereocenters. The number of nitrogens with one attached hydrogen (secondary N) is 1. The van der Waals surface area contributed by atoms with Crippen LogP contribution in [0.3, 0.4) is 0 Å². The Balaban J connectivity index is 2.07. The molecule has 1 aliphatic rings. The zero-order valence-electron chi connectivity index (χ0n) is 8.75. The van der Waals surface area contributed by atoms with Crippen LogP contribution < -0.4 is 5.32 Å². The first-order valence-electron chi connectivity index (χ1n) is 5.19. The third kappa shape index (κ3) is 4.07. The molecule has 0 radical (unpaired) electrons. The summed E-state index contributed by atoms with van der Waals surface area (Å²) >= 11 is 0. The van der Waals surface area contributed by atoms with Crippen molar-refractivity contribution in [1.82, 2.24) is 5.32 Å². The topological polar surface area (TPSA) is 47.6 Å². The van der Waals surface area contributed by atoms with Crippen molar-refractivity contribution in [3.05, 3.63) is 0 Å². The van der Waals surface area contributed by atoms with Gasteiger partial charge in [-0.2, -0.15) is 0 Å². The monoisotopic (exact) mass is 201 g/mol. The van der Waals surface area contributed by atoms with Gasteiger partial charge in [0.15, 0.2) is 0 Å². The Hall–Kier alpha value is -0.610. The van der Waals surface area contributed by atoms with E-state index in [1.807, 2.05) is 0 Å². The maximum absolute atomic E-state index is 11.5. The Morgan fingerprint density at radius 1 is 1.64 bits per heavy atom. The summed E-state index contributed by atoms with van der Waals surface area (Å²) in [4.78, 5) is 11.5. The lowest BCUT2D eigenvalue weighted by molar-refractivity contribution is -0.128. The van der Waals surface area contributed by atoms with Gasteiger partial charge < -0.3 is 14.8 Å². The largest absolute Gasteiger partial charge is 0.385 e. The van der Waals surface area contributed by atoms with E-state index in [1.54, 1.807) is 7.11 Å². The van der Waals surface area contributed by atoms with E-state index in [1.165, 1.54) is 0 Å². The molecule has 82 valence electrons. The number of methoxy groups -OCH3 is 1. The zero-order valence-corrected chi connectivity index (χ0v) is 8.75. The molecule has 0 bridgehead atoms. The van der Waals surface area contributed by atoms with Crippen molar-refractivity contribution in [3.63, 3.8) is 0 Å². The molecule has 1 fully saturated rings. The van der Waals surface area contributed by atoms with Crippen LogP contribution in [0.1, 0.15) is 19.3 Å². The van der Waals surface area contributed by atoms with Crippen LogP contribution in [0.2, 0.25) is 0 Å². The maximum atomic E-state index is 11.5. The summed E-state index contributed by atoms with van der Waals surface area (Å²) in [5, 5.41) is 2.89. The minimum absolute atomic E-state index is 0.0614. The summed E-state index contributed by atoms with van der Waals surface area (Å²) < 4.78 is 10.1. The molecular formula is C10H19NO3. The van der Waals surface area contributed by atoms with E-state index in [2.05, 4.69) is 5.32 Å². The van der Waals surface area contributed by atoms with Crippen LogP contribution in [-0.2, 0) is 14.3 Å². The molecule has 0 aromatic heterocycles. The van der Waals surface area contributed by atoms with Crippen LogP contribution in [0.5, 0.6) is 0 Å². The Bertz CT molecular complexity index is 167. The number of hydrogen-bond donors (Lipinski definition) is 1. The van der Waals surface area contributed by atoms with Crippen molar-refractivity contribution in [2.24, 2.45) is 5.92 Å². The SMILES string of the molecule is COCCCNC(=O)C1CCCOC1. The van der Waals surface area contributed by atoms with Gasteiger partial charge in [-0.25, -0.2) is 0 Å². The molecule has 0 saturated carbocycles. The lowest BCUT2D eigenvalue weighted by Gasteiger charge is -2.21. The molecular weight excluding hydrogens is 182 g/mol. The minimum atomic E-state index is 0.0614. The van der Waals surface area contributed by atoms with Gasteiger partial charge in [0.05, 0.1) is 12.5 Å². The van der Waals surface area contributed by atoms with E-state index < -0.39 is 0 Å². The normalized spacial score (nSPS) is 21.9. The number of amides is 1. The predicted octanol–water partition coefficient (Wildman–Crippen LogP) is 0.566. The number of ether oxygens (including phenoxy) is 2. The lowest BCUT2D eigenvalue weighted by Crippen LogP contribution is -2.36. The van der Waals surface area contributed by atoms with Crippen LogP contribution >= 0.6 is 0 Å². The Kier molecular flexibility index (Phi) is 5.56. The Labute approximate surface area is 85.0 Å². The van der Waals surface area contributed by atoms with Crippen LogP contribution in [0.15, 0.2) is 0 Å². The molecule has 1 amide bonds. The fraction of sp³-hybridized carbons (Fsp3) is 0.900. The third-order valence-corrected chi connectivity index (χ3v) is 2.36. The van der Waals surface area contributed by atoms with E-state index in [-0.39, 0.29) is 11.8 Å². The van der Waals surface area contributed by atoms with Crippen molar-refractivity contribution in [2.45, 2.75) is 19.3 Å². The lowest BCUT2D eigenvalue weighted by atomic mass is 10.0. The highest BCUT2D eigenvalue weighted by molar-refractivity contribution is 5.78. The second kappa shape index (κ2) is 6.79. The fourth-order valence-corrected chi connectivity index (χ4v) is 1.52. The van der Waals surface area contributed by atoms with E-state index in [4.69, 9.17) is 9.47 Å². The molecule has 14 heavy (non-hydrogen) atoms. The highest BCUT2D eigenvalue weighted by Crippen LogP contribution is 2.13. The van der Waals surface area contributed by atoms with Crippen molar-refractivity contribution in [2.75, 3.05) is 33.5 Å². The molecule has 0 spiro atoms. The average molecular weight is 201 g/mol. The molecule has 1 N–H and O–H groups in total. The van der Waals surface area contributed by atoms with Gasteiger partial charge in [0.25, 0.3) is 0 Å². The van der Waals surface area contributed by atoms with Gasteiger partial charge in [-0.15, -0.1) is 0 Å². The van der Waals surface area contributed by atoms with Gasteiger partial charge in [-0.3, -0.25) is 4.79 Å². The van der Waals surface area contributed by atoms with Crippen molar-refractivity contribution >= 4 is 5.91 Å². The molecule has 1 rings (SSSR count). The summed E-state index contributed by atoms with van der Waals surface area (Å²) in [6.07, 6.45) is 2.82. The third-order valence-electron chi connectivity index (χ3n) is 2.36. The standard InChI is InChI=1S/C10H19NO3/c1-13-6-3-5-11-10(12)9-4-2-7-14-8-9/h9H,2-8H2,1H3,(H,11,12). The molecule has 0 aromatic carbocycles. The number of carbonyl (C=O) groups is 1. The van der Waals surface area contributed by atoms with Gasteiger partial charge in [0.2, 0.25) is 5.91 Å². The van der Waals surface area contributed by atoms with Crippen LogP contribution in [0, 0.1) is 5.92 Å². The van der Waals surface area contributed by atoms with Crippen molar-refractivity contribution < 1.29 is 14.3 Å². The number of rotatable bonds is 5. The maximum Gasteiger partial charge on any atom is 0.225 e. The Morgan fingerprint density at radius 2 is 2.50 bits per heavy atom. The summed E-state index contributed by atoms with van der Waals surface area (Å²) in [5.41, 5.74) is 0. The van der Waals surface area contributed by atoms with E-state index >= 15 is 0 Å². The molecule has 4 nitrogen and oxygen atoms in total. The van der Waals surface area contributed by atoms with E-state index in [9.17, 15) is 4.79 Å². The molecule has 0 aliphatic carbocycles. The second-order valence-electron chi connectivity index (χ2n) is 3.55. The fourth-order valence-electron chi connectivity index (χ4n) is 1.52. The number of carbonyl (C=O) groups excluding carboxylic acids is 1. The first kappa shape index (κ1) is 11.5. The zero-order chi connectivity index (χ0) is 10.2. The van der Waals surface area contributed by atoms with E-state index in [0.717, 1.165) is 25.9 Å². The molecule has 0 aromatic rings. The highest BCUT2D eigenvalue weighted by Gasteiger charge is 2.20. The summed E-state index contributed by atoms with van der Waals surface area (Å²) in [5.74, 6) is 0.187. The average Bonchev–Trinajstić information content (AvgIpc) is 2.25. The Morgan fingerprint density at radius 3 is 3.14 bits per heavy atom. The van der Waals surface area contributed by atoms with Crippen LogP contribution in [-0.4, -0.2) is 39.4 Å². The first-order chi connectivity index (χ1) is 6.84. The quantitative estimate of drug-likeness (QED) is 0.661. The predicted molar refractivity (Wildman–Crippen MR) is 53.0 cm³/mol. The van der Waals surface area contributed by atoms with Crippen LogP contribution in [0.4, 0.5) is 0 Å². The molecule has 1 saturated heterocycles. The van der Waals surface area contributed by atoms with Gasteiger partial charge in [0, 0.05) is 26.9 Å². The van der Waals surface area contributed by atoms with Crippen molar-refractivity contribution in [1.29, 1.82) is 0 Å². The van der Waals surface area contributed by atoms with Gasteiger partial charge in [-0.05, 0) is 19.3 Å². The number of hydrogen-bond acceptors (Lipinski definition) is 3. The summed E-state index contributed by atoms with van der Waals surface area (Å²) in [6.45, 7) is 2.77. The smallest absolute Gasteiger partial charge is 0.225 e. The molecule has 4 heteroatoms. The van der Waals surface area contributed by atoms with Gasteiger partial charge >= 0.3 is 0 Å². The highest BCUT2D eigenvalue weighted by atomic mass is 16.5. The summed E-state index contributed by atoms with van der Waals surface area (Å²) in [7, 11) is 1.66. The van der Waals surface area contributed by atoms with Crippen LogP contribution in [0.25, 0.3) is 0 Å². The first-order valence-corrected chi connectivity index (χ1v) is 5.19. The molecule has 1 heterocycles. The minimum Gasteiger partial charge on any atom is -0.385 e.